The minimum atomic E-state index is -3.57. The molecule has 1 aromatic rings. The molecule has 0 bridgehead atoms. The van der Waals surface area contributed by atoms with Crippen molar-refractivity contribution in [2.24, 2.45) is 11.8 Å². The SMILES string of the molecule is CC(=O)N1CCc2cc(S(=O)(=O)N3CCC(CC(=O)N4CCC(C)CC4)CC3)ccc21. The molecule has 0 N–H and O–H groups in total. The zero-order valence-corrected chi connectivity index (χ0v) is 19.4. The first-order valence-electron chi connectivity index (χ1n) is 11.4. The zero-order valence-electron chi connectivity index (χ0n) is 18.5. The molecule has 2 saturated heterocycles. The highest BCUT2D eigenvalue weighted by Gasteiger charge is 2.32. The van der Waals surface area contributed by atoms with E-state index in [1.54, 1.807) is 27.4 Å². The van der Waals surface area contributed by atoms with Crippen molar-refractivity contribution in [1.29, 1.82) is 0 Å². The highest BCUT2D eigenvalue weighted by Crippen LogP contribution is 2.32. The van der Waals surface area contributed by atoms with Gasteiger partial charge < -0.3 is 9.80 Å². The van der Waals surface area contributed by atoms with E-state index in [4.69, 9.17) is 0 Å². The van der Waals surface area contributed by atoms with Gasteiger partial charge in [0.1, 0.15) is 0 Å². The second-order valence-corrected chi connectivity index (χ2v) is 11.3. The topological polar surface area (TPSA) is 78.0 Å². The van der Waals surface area contributed by atoms with Crippen LogP contribution < -0.4 is 4.90 Å². The molecule has 8 heteroatoms. The van der Waals surface area contributed by atoms with E-state index < -0.39 is 10.0 Å². The number of piperidine rings is 2. The van der Waals surface area contributed by atoms with E-state index in [1.807, 2.05) is 4.90 Å². The summed E-state index contributed by atoms with van der Waals surface area (Å²) < 4.78 is 27.9. The maximum Gasteiger partial charge on any atom is 0.243 e. The lowest BCUT2D eigenvalue weighted by molar-refractivity contribution is -0.133. The van der Waals surface area contributed by atoms with Crippen LogP contribution in [0.5, 0.6) is 0 Å². The summed E-state index contributed by atoms with van der Waals surface area (Å²) in [5.74, 6) is 1.15. The highest BCUT2D eigenvalue weighted by atomic mass is 32.2. The van der Waals surface area contributed by atoms with Crippen LogP contribution in [-0.4, -0.2) is 62.2 Å². The number of rotatable bonds is 4. The molecular weight excluding hydrogens is 414 g/mol. The van der Waals surface area contributed by atoms with Gasteiger partial charge in [0.05, 0.1) is 4.90 Å². The standard InChI is InChI=1S/C23H33N3O4S/c1-17-5-10-24(11-6-17)23(28)15-19-7-12-25(13-8-19)31(29,30)21-3-4-22-20(16-21)9-14-26(22)18(2)27/h3-4,16-17,19H,5-15H2,1-2H3. The number of anilines is 1. The van der Waals surface area contributed by atoms with Crippen molar-refractivity contribution in [1.82, 2.24) is 9.21 Å². The summed E-state index contributed by atoms with van der Waals surface area (Å²) in [5, 5.41) is 0. The molecule has 0 aliphatic carbocycles. The average Bonchev–Trinajstić information content (AvgIpc) is 3.18. The minimum absolute atomic E-state index is 0.0231. The van der Waals surface area contributed by atoms with Gasteiger partial charge in [0.25, 0.3) is 0 Å². The molecule has 0 spiro atoms. The molecule has 0 atom stereocenters. The van der Waals surface area contributed by atoms with E-state index in [0.717, 1.165) is 50.0 Å². The molecular formula is C23H33N3O4S. The smallest absolute Gasteiger partial charge is 0.243 e. The molecule has 31 heavy (non-hydrogen) atoms. The van der Waals surface area contributed by atoms with Gasteiger partial charge in [-0.05, 0) is 67.7 Å². The average molecular weight is 448 g/mol. The molecule has 0 unspecified atom stereocenters. The molecule has 1 aromatic carbocycles. The highest BCUT2D eigenvalue weighted by molar-refractivity contribution is 7.89. The van der Waals surface area contributed by atoms with Crippen LogP contribution >= 0.6 is 0 Å². The lowest BCUT2D eigenvalue weighted by Crippen LogP contribution is -2.42. The van der Waals surface area contributed by atoms with Crippen molar-refractivity contribution >= 4 is 27.5 Å². The number of sulfonamides is 1. The third-order valence-electron chi connectivity index (χ3n) is 7.14. The second-order valence-electron chi connectivity index (χ2n) is 9.33. The number of hydrogen-bond acceptors (Lipinski definition) is 4. The second kappa shape index (κ2) is 8.90. The number of nitrogens with zero attached hydrogens (tertiary/aromatic N) is 3. The van der Waals surface area contributed by atoms with Gasteiger partial charge in [-0.25, -0.2) is 8.42 Å². The molecule has 4 rings (SSSR count). The lowest BCUT2D eigenvalue weighted by atomic mass is 9.93. The molecule has 7 nitrogen and oxygen atoms in total. The van der Waals surface area contributed by atoms with Gasteiger partial charge >= 0.3 is 0 Å². The fourth-order valence-corrected chi connectivity index (χ4v) is 6.52. The summed E-state index contributed by atoms with van der Waals surface area (Å²) in [6, 6.07) is 5.09. The first-order chi connectivity index (χ1) is 14.8. The van der Waals surface area contributed by atoms with Crippen LogP contribution in [0.25, 0.3) is 0 Å². The van der Waals surface area contributed by atoms with Gasteiger partial charge in [-0.2, -0.15) is 4.31 Å². The molecule has 0 aromatic heterocycles. The fourth-order valence-electron chi connectivity index (χ4n) is 5.00. The maximum absolute atomic E-state index is 13.2. The van der Waals surface area contributed by atoms with Crippen LogP contribution in [-0.2, 0) is 26.0 Å². The van der Waals surface area contributed by atoms with Gasteiger partial charge in [0.15, 0.2) is 0 Å². The Balaban J connectivity index is 1.35. The summed E-state index contributed by atoms with van der Waals surface area (Å²) in [6.45, 7) is 6.98. The third-order valence-corrected chi connectivity index (χ3v) is 9.03. The van der Waals surface area contributed by atoms with Crippen molar-refractivity contribution in [3.05, 3.63) is 23.8 Å². The quantitative estimate of drug-likeness (QED) is 0.711. The van der Waals surface area contributed by atoms with E-state index >= 15 is 0 Å². The Labute approximate surface area is 185 Å². The van der Waals surface area contributed by atoms with Gasteiger partial charge in [0, 0.05) is 51.8 Å². The van der Waals surface area contributed by atoms with Gasteiger partial charge in [-0.15, -0.1) is 0 Å². The Kier molecular flexibility index (Phi) is 6.40. The fraction of sp³-hybridized carbons (Fsp3) is 0.652. The molecule has 0 radical (unpaired) electrons. The number of likely N-dealkylation sites (tertiary alicyclic amines) is 1. The van der Waals surface area contributed by atoms with Crippen molar-refractivity contribution in [3.63, 3.8) is 0 Å². The van der Waals surface area contributed by atoms with Gasteiger partial charge in [-0.1, -0.05) is 6.92 Å². The summed E-state index contributed by atoms with van der Waals surface area (Å²) in [4.78, 5) is 28.3. The lowest BCUT2D eigenvalue weighted by Gasteiger charge is -2.34. The maximum atomic E-state index is 13.2. The van der Waals surface area contributed by atoms with Crippen molar-refractivity contribution < 1.29 is 18.0 Å². The molecule has 0 saturated carbocycles. The van der Waals surface area contributed by atoms with Crippen molar-refractivity contribution in [2.45, 2.75) is 57.3 Å². The Morgan fingerprint density at radius 3 is 2.32 bits per heavy atom. The first kappa shape index (κ1) is 22.3. The number of carbonyl (C=O) groups excluding carboxylic acids is 2. The van der Waals surface area contributed by atoms with Crippen LogP contribution in [0.4, 0.5) is 5.69 Å². The Morgan fingerprint density at radius 1 is 1.00 bits per heavy atom. The Morgan fingerprint density at radius 2 is 1.68 bits per heavy atom. The Hall–Kier alpha value is -1.93. The van der Waals surface area contributed by atoms with E-state index in [2.05, 4.69) is 6.92 Å². The zero-order chi connectivity index (χ0) is 22.2. The van der Waals surface area contributed by atoms with Crippen molar-refractivity contribution in [3.8, 4) is 0 Å². The first-order valence-corrected chi connectivity index (χ1v) is 12.9. The number of fused-ring (bicyclic) bond motifs is 1. The van der Waals surface area contributed by atoms with E-state index in [0.29, 0.717) is 43.3 Å². The molecule has 2 amide bonds. The molecule has 3 aliphatic heterocycles. The van der Waals surface area contributed by atoms with Crippen LogP contribution in [0.15, 0.2) is 23.1 Å². The van der Waals surface area contributed by atoms with E-state index in [-0.39, 0.29) is 17.7 Å². The molecule has 3 heterocycles. The molecule has 2 fully saturated rings. The van der Waals surface area contributed by atoms with Crippen LogP contribution in [0.2, 0.25) is 0 Å². The summed E-state index contributed by atoms with van der Waals surface area (Å²) >= 11 is 0. The normalized spacial score (nSPS) is 21.4. The van der Waals surface area contributed by atoms with E-state index in [9.17, 15) is 18.0 Å². The van der Waals surface area contributed by atoms with E-state index in [1.165, 1.54) is 6.92 Å². The number of carbonyl (C=O) groups is 2. The third kappa shape index (κ3) is 4.65. The van der Waals surface area contributed by atoms with Gasteiger partial charge in [0.2, 0.25) is 21.8 Å². The number of benzene rings is 1. The molecule has 170 valence electrons. The largest absolute Gasteiger partial charge is 0.343 e. The van der Waals surface area contributed by atoms with Crippen molar-refractivity contribution in [2.75, 3.05) is 37.6 Å². The number of hydrogen-bond donors (Lipinski definition) is 0. The van der Waals surface area contributed by atoms with Crippen LogP contribution in [0.3, 0.4) is 0 Å². The summed E-state index contributed by atoms with van der Waals surface area (Å²) in [5.41, 5.74) is 1.73. The number of amides is 2. The summed E-state index contributed by atoms with van der Waals surface area (Å²) in [6.07, 6.45) is 4.80. The Bertz CT molecular complexity index is 946. The molecule has 3 aliphatic rings. The minimum Gasteiger partial charge on any atom is -0.343 e. The van der Waals surface area contributed by atoms with Crippen LogP contribution in [0.1, 0.15) is 51.5 Å². The monoisotopic (exact) mass is 447 g/mol. The van der Waals surface area contributed by atoms with Gasteiger partial charge in [-0.3, -0.25) is 9.59 Å². The predicted molar refractivity (Wildman–Crippen MR) is 119 cm³/mol. The summed E-state index contributed by atoms with van der Waals surface area (Å²) in [7, 11) is -3.57. The predicted octanol–water partition coefficient (Wildman–Crippen LogP) is 2.64. The van der Waals surface area contributed by atoms with Crippen LogP contribution in [0, 0.1) is 11.8 Å².